The summed E-state index contributed by atoms with van der Waals surface area (Å²) in [6.45, 7) is 6.76. The molecule has 0 aliphatic heterocycles. The molecule has 1 heterocycles. The van der Waals surface area contributed by atoms with E-state index in [0.29, 0.717) is 31.1 Å². The third-order valence-corrected chi connectivity index (χ3v) is 2.78. The lowest BCUT2D eigenvalue weighted by atomic mass is 10.3. The lowest BCUT2D eigenvalue weighted by Crippen LogP contribution is -2.38. The first kappa shape index (κ1) is 16.0. The SMILES string of the molecule is CCCN(CC(=O)OCC)C(=O)c1c(N)cnn1CC. The van der Waals surface area contributed by atoms with E-state index in [1.807, 2.05) is 13.8 Å². The number of nitrogens with two attached hydrogens (primary N) is 1. The number of ether oxygens (including phenoxy) is 1. The average Bonchev–Trinajstić information content (AvgIpc) is 2.78. The summed E-state index contributed by atoms with van der Waals surface area (Å²) in [6.07, 6.45) is 2.19. The molecular formula is C13H22N4O3. The van der Waals surface area contributed by atoms with Crippen molar-refractivity contribution in [3.05, 3.63) is 11.9 Å². The Hall–Kier alpha value is -2.05. The molecule has 1 rings (SSSR count). The summed E-state index contributed by atoms with van der Waals surface area (Å²) in [7, 11) is 0. The largest absolute Gasteiger partial charge is 0.465 e. The van der Waals surface area contributed by atoms with Crippen LogP contribution in [0.2, 0.25) is 0 Å². The standard InChI is InChI=1S/C13H22N4O3/c1-4-7-16(9-11(18)20-6-3)13(19)12-10(14)8-15-17(12)5-2/h8H,4-7,9,14H2,1-3H3. The van der Waals surface area contributed by atoms with E-state index in [0.717, 1.165) is 6.42 Å². The van der Waals surface area contributed by atoms with Crippen molar-refractivity contribution in [1.29, 1.82) is 0 Å². The lowest BCUT2D eigenvalue weighted by molar-refractivity contribution is -0.143. The fraction of sp³-hybridized carbons (Fsp3) is 0.615. The van der Waals surface area contributed by atoms with Gasteiger partial charge in [0, 0.05) is 13.1 Å². The van der Waals surface area contributed by atoms with Crippen LogP contribution in [0.3, 0.4) is 0 Å². The van der Waals surface area contributed by atoms with Crippen LogP contribution in [-0.2, 0) is 16.1 Å². The second-order valence-corrected chi connectivity index (χ2v) is 4.30. The van der Waals surface area contributed by atoms with Gasteiger partial charge in [0.1, 0.15) is 12.2 Å². The van der Waals surface area contributed by atoms with Gasteiger partial charge >= 0.3 is 5.97 Å². The highest BCUT2D eigenvalue weighted by molar-refractivity contribution is 5.98. The van der Waals surface area contributed by atoms with E-state index >= 15 is 0 Å². The third-order valence-electron chi connectivity index (χ3n) is 2.78. The van der Waals surface area contributed by atoms with E-state index in [9.17, 15) is 9.59 Å². The smallest absolute Gasteiger partial charge is 0.325 e. The Kier molecular flexibility index (Phi) is 6.02. The number of rotatable bonds is 7. The van der Waals surface area contributed by atoms with Crippen molar-refractivity contribution < 1.29 is 14.3 Å². The van der Waals surface area contributed by atoms with E-state index in [-0.39, 0.29) is 12.5 Å². The number of anilines is 1. The normalized spacial score (nSPS) is 10.3. The topological polar surface area (TPSA) is 90.4 Å². The van der Waals surface area contributed by atoms with E-state index in [1.54, 1.807) is 6.92 Å². The molecule has 0 aromatic carbocycles. The van der Waals surface area contributed by atoms with Crippen LogP contribution in [0.5, 0.6) is 0 Å². The number of aromatic nitrogens is 2. The zero-order chi connectivity index (χ0) is 15.1. The predicted octanol–water partition coefficient (Wildman–Crippen LogP) is 0.900. The second-order valence-electron chi connectivity index (χ2n) is 4.30. The summed E-state index contributed by atoms with van der Waals surface area (Å²) in [5.74, 6) is -0.716. The van der Waals surface area contributed by atoms with E-state index in [1.165, 1.54) is 15.8 Å². The van der Waals surface area contributed by atoms with Crippen LogP contribution in [0.25, 0.3) is 0 Å². The van der Waals surface area contributed by atoms with E-state index < -0.39 is 5.97 Å². The minimum atomic E-state index is -0.421. The number of hydrogen-bond acceptors (Lipinski definition) is 5. The van der Waals surface area contributed by atoms with Crippen molar-refractivity contribution in [3.63, 3.8) is 0 Å². The molecular weight excluding hydrogens is 260 g/mol. The molecule has 7 nitrogen and oxygen atoms in total. The Labute approximate surface area is 118 Å². The number of carbonyl (C=O) groups is 2. The minimum Gasteiger partial charge on any atom is -0.465 e. The maximum atomic E-state index is 12.5. The highest BCUT2D eigenvalue weighted by Gasteiger charge is 2.24. The predicted molar refractivity (Wildman–Crippen MR) is 75.1 cm³/mol. The molecule has 0 aliphatic rings. The van der Waals surface area contributed by atoms with Gasteiger partial charge in [0.15, 0.2) is 0 Å². The van der Waals surface area contributed by atoms with Crippen molar-refractivity contribution in [2.45, 2.75) is 33.7 Å². The average molecular weight is 282 g/mol. The Morgan fingerprint density at radius 3 is 2.65 bits per heavy atom. The molecule has 20 heavy (non-hydrogen) atoms. The number of nitrogens with zero attached hydrogens (tertiary/aromatic N) is 3. The molecule has 2 N–H and O–H groups in total. The second kappa shape index (κ2) is 7.52. The van der Waals surface area contributed by atoms with E-state index in [2.05, 4.69) is 5.10 Å². The van der Waals surface area contributed by atoms with E-state index in [4.69, 9.17) is 10.5 Å². The van der Waals surface area contributed by atoms with Crippen molar-refractivity contribution in [2.75, 3.05) is 25.4 Å². The summed E-state index contributed by atoms with van der Waals surface area (Å²) in [6, 6.07) is 0. The van der Waals surface area contributed by atoms with Gasteiger partial charge in [-0.3, -0.25) is 14.3 Å². The molecule has 0 saturated heterocycles. The quantitative estimate of drug-likeness (QED) is 0.750. The first-order chi connectivity index (χ1) is 9.54. The van der Waals surface area contributed by atoms with Crippen molar-refractivity contribution in [2.24, 2.45) is 0 Å². The molecule has 0 bridgehead atoms. The lowest BCUT2D eigenvalue weighted by Gasteiger charge is -2.21. The fourth-order valence-corrected chi connectivity index (χ4v) is 1.91. The molecule has 1 aromatic rings. The van der Waals surface area contributed by atoms with Gasteiger partial charge in [-0.15, -0.1) is 0 Å². The number of hydrogen-bond donors (Lipinski definition) is 1. The molecule has 0 aliphatic carbocycles. The fourth-order valence-electron chi connectivity index (χ4n) is 1.91. The number of amides is 1. The van der Waals surface area contributed by atoms with Gasteiger partial charge in [-0.25, -0.2) is 0 Å². The molecule has 0 atom stereocenters. The van der Waals surface area contributed by atoms with Crippen LogP contribution in [0.4, 0.5) is 5.69 Å². The Morgan fingerprint density at radius 1 is 1.40 bits per heavy atom. The zero-order valence-corrected chi connectivity index (χ0v) is 12.3. The van der Waals surface area contributed by atoms with Gasteiger partial charge in [0.05, 0.1) is 18.5 Å². The molecule has 7 heteroatoms. The van der Waals surface area contributed by atoms with Gasteiger partial charge in [0.2, 0.25) is 0 Å². The van der Waals surface area contributed by atoms with Gasteiger partial charge in [-0.05, 0) is 20.3 Å². The molecule has 0 saturated carbocycles. The molecule has 0 spiro atoms. The summed E-state index contributed by atoms with van der Waals surface area (Å²) in [5, 5.41) is 4.04. The molecule has 0 unspecified atom stereocenters. The third kappa shape index (κ3) is 3.72. The maximum absolute atomic E-state index is 12.5. The van der Waals surface area contributed by atoms with Gasteiger partial charge in [0.25, 0.3) is 5.91 Å². The summed E-state index contributed by atoms with van der Waals surface area (Å²) in [5.41, 5.74) is 6.44. The summed E-state index contributed by atoms with van der Waals surface area (Å²) in [4.78, 5) is 25.5. The van der Waals surface area contributed by atoms with Crippen LogP contribution >= 0.6 is 0 Å². The van der Waals surface area contributed by atoms with Gasteiger partial charge in [-0.2, -0.15) is 5.10 Å². The number of nitrogen functional groups attached to an aromatic ring is 1. The van der Waals surface area contributed by atoms with Crippen LogP contribution in [0.1, 0.15) is 37.7 Å². The summed E-state index contributed by atoms with van der Waals surface area (Å²) >= 11 is 0. The molecule has 0 fully saturated rings. The van der Waals surface area contributed by atoms with Crippen LogP contribution in [0.15, 0.2) is 6.20 Å². The monoisotopic (exact) mass is 282 g/mol. The first-order valence-corrected chi connectivity index (χ1v) is 6.81. The van der Waals surface area contributed by atoms with Crippen molar-refractivity contribution in [1.82, 2.24) is 14.7 Å². The van der Waals surface area contributed by atoms with Crippen molar-refractivity contribution in [3.8, 4) is 0 Å². The molecule has 0 radical (unpaired) electrons. The Bertz CT molecular complexity index is 470. The number of esters is 1. The highest BCUT2D eigenvalue weighted by atomic mass is 16.5. The van der Waals surface area contributed by atoms with Crippen LogP contribution in [0, 0.1) is 0 Å². The highest BCUT2D eigenvalue weighted by Crippen LogP contribution is 2.14. The molecule has 1 amide bonds. The molecule has 112 valence electrons. The Balaban J connectivity index is 2.93. The zero-order valence-electron chi connectivity index (χ0n) is 12.3. The van der Waals surface area contributed by atoms with Crippen LogP contribution in [-0.4, -0.2) is 46.3 Å². The van der Waals surface area contributed by atoms with Gasteiger partial charge < -0.3 is 15.4 Å². The number of carbonyl (C=O) groups excluding carboxylic acids is 2. The first-order valence-electron chi connectivity index (χ1n) is 6.81. The van der Waals surface area contributed by atoms with Crippen LogP contribution < -0.4 is 5.73 Å². The summed E-state index contributed by atoms with van der Waals surface area (Å²) < 4.78 is 6.42. The van der Waals surface area contributed by atoms with Crippen molar-refractivity contribution >= 4 is 17.6 Å². The minimum absolute atomic E-state index is 0.0746. The molecule has 1 aromatic heterocycles. The maximum Gasteiger partial charge on any atom is 0.325 e. The van der Waals surface area contributed by atoms with Gasteiger partial charge in [-0.1, -0.05) is 6.92 Å². The number of aryl methyl sites for hydroxylation is 1. The Morgan fingerprint density at radius 2 is 2.10 bits per heavy atom.